The van der Waals surface area contributed by atoms with Crippen LogP contribution in [0.25, 0.3) is 5.57 Å². The van der Waals surface area contributed by atoms with Crippen LogP contribution in [0.2, 0.25) is 5.02 Å². The highest BCUT2D eigenvalue weighted by molar-refractivity contribution is 6.32. The molecule has 4 rings (SSSR count). The first-order chi connectivity index (χ1) is 17.0. The number of benzene rings is 1. The molecule has 6 heteroatoms. The third kappa shape index (κ3) is 6.86. The van der Waals surface area contributed by atoms with Crippen LogP contribution < -0.4 is 10.3 Å². The van der Waals surface area contributed by atoms with Gasteiger partial charge in [-0.15, -0.1) is 0 Å². The maximum atomic E-state index is 12.7. The van der Waals surface area contributed by atoms with Crippen molar-refractivity contribution in [3.63, 3.8) is 0 Å². The van der Waals surface area contributed by atoms with E-state index in [-0.39, 0.29) is 11.5 Å². The van der Waals surface area contributed by atoms with Gasteiger partial charge in [-0.3, -0.25) is 9.59 Å². The molecule has 1 heterocycles. The Labute approximate surface area is 213 Å². The zero-order valence-electron chi connectivity index (χ0n) is 20.9. The van der Waals surface area contributed by atoms with E-state index in [1.807, 2.05) is 30.3 Å². The van der Waals surface area contributed by atoms with Crippen molar-refractivity contribution in [3.05, 3.63) is 68.6 Å². The number of nitrogens with zero attached hydrogens (tertiary/aromatic N) is 1. The minimum atomic E-state index is -0.0193. The number of H-pyrrole nitrogens is 1. The van der Waals surface area contributed by atoms with Crippen molar-refractivity contribution in [1.29, 1.82) is 0 Å². The maximum absolute atomic E-state index is 12.7. The molecule has 1 atom stereocenters. The lowest BCUT2D eigenvalue weighted by Crippen LogP contribution is -2.24. The summed E-state index contributed by atoms with van der Waals surface area (Å²) in [5, 5.41) is 0.552. The number of carbonyl (C=O) groups is 1. The van der Waals surface area contributed by atoms with Gasteiger partial charge in [-0.05, 0) is 87.3 Å². The van der Waals surface area contributed by atoms with Gasteiger partial charge in [0.25, 0.3) is 5.56 Å². The number of aromatic amines is 1. The third-order valence-corrected chi connectivity index (χ3v) is 7.49. The van der Waals surface area contributed by atoms with E-state index in [2.05, 4.69) is 29.8 Å². The Kier molecular flexibility index (Phi) is 8.85. The lowest BCUT2D eigenvalue weighted by molar-refractivity contribution is -0.117. The molecule has 2 fully saturated rings. The summed E-state index contributed by atoms with van der Waals surface area (Å²) in [6.45, 7) is 8.23. The lowest BCUT2D eigenvalue weighted by Gasteiger charge is -2.17. The van der Waals surface area contributed by atoms with Crippen LogP contribution >= 0.6 is 11.6 Å². The van der Waals surface area contributed by atoms with Gasteiger partial charge >= 0.3 is 0 Å². The van der Waals surface area contributed by atoms with E-state index >= 15 is 0 Å². The lowest BCUT2D eigenvalue weighted by atomic mass is 9.95. The van der Waals surface area contributed by atoms with E-state index < -0.39 is 0 Å². The average molecular weight is 497 g/mol. The second kappa shape index (κ2) is 12.0. The number of unbranched alkanes of at least 4 members (excludes halogenated alkanes) is 1. The Hall–Kier alpha value is -2.37. The number of halogens is 1. The van der Waals surface area contributed by atoms with Crippen molar-refractivity contribution in [1.82, 2.24) is 9.88 Å². The van der Waals surface area contributed by atoms with Gasteiger partial charge < -0.3 is 14.6 Å². The van der Waals surface area contributed by atoms with E-state index in [4.69, 9.17) is 16.3 Å². The van der Waals surface area contributed by atoms with Crippen LogP contribution in [0.15, 0.2) is 41.2 Å². The molecule has 2 aromatic rings. The number of nitrogens with one attached hydrogen (secondary N) is 1. The highest BCUT2D eigenvalue weighted by Crippen LogP contribution is 2.39. The molecule has 35 heavy (non-hydrogen) atoms. The molecule has 0 bridgehead atoms. The smallest absolute Gasteiger partial charge is 0.251 e. The normalized spacial score (nSPS) is 18.5. The topological polar surface area (TPSA) is 62.4 Å². The van der Waals surface area contributed by atoms with E-state index in [0.717, 1.165) is 74.1 Å². The number of rotatable bonds is 12. The molecule has 0 spiro atoms. The van der Waals surface area contributed by atoms with Crippen molar-refractivity contribution in [3.8, 4) is 5.75 Å². The zero-order chi connectivity index (χ0) is 24.8. The predicted molar refractivity (Wildman–Crippen MR) is 142 cm³/mol. The largest absolute Gasteiger partial charge is 0.492 e. The fourth-order valence-electron chi connectivity index (χ4n) is 4.87. The summed E-state index contributed by atoms with van der Waals surface area (Å²) in [6, 6.07) is 9.75. The average Bonchev–Trinajstić information content (AvgIpc) is 3.61. The Bertz CT molecular complexity index is 1120. The molecule has 5 nitrogen and oxygen atoms in total. The van der Waals surface area contributed by atoms with Gasteiger partial charge in [0.15, 0.2) is 0 Å². The molecule has 1 aromatic carbocycles. The van der Waals surface area contributed by atoms with Gasteiger partial charge in [-0.2, -0.15) is 0 Å². The van der Waals surface area contributed by atoms with Crippen LogP contribution in [0, 0.1) is 5.92 Å². The Morgan fingerprint density at radius 1 is 1.11 bits per heavy atom. The Morgan fingerprint density at radius 2 is 1.91 bits per heavy atom. The number of pyridine rings is 1. The SMILES string of the molecule is CCN(CC)CCCCOc1ccc(/C(=C\[C@H]2CCC(=O)C2)c2ccc(C3CC3)c(=O)[nH]2)cc1Cl. The summed E-state index contributed by atoms with van der Waals surface area (Å²) in [7, 11) is 0. The number of aromatic nitrogens is 1. The van der Waals surface area contributed by atoms with Crippen LogP contribution in [0.5, 0.6) is 5.75 Å². The molecule has 0 saturated heterocycles. The summed E-state index contributed by atoms with van der Waals surface area (Å²) in [5.74, 6) is 1.53. The molecular weight excluding hydrogens is 460 g/mol. The van der Waals surface area contributed by atoms with Crippen LogP contribution in [-0.2, 0) is 4.79 Å². The molecule has 0 unspecified atom stereocenters. The first kappa shape index (κ1) is 25.7. The van der Waals surface area contributed by atoms with Crippen molar-refractivity contribution in [2.24, 2.45) is 5.92 Å². The minimum absolute atomic E-state index is 0.0193. The van der Waals surface area contributed by atoms with Gasteiger partial charge in [0, 0.05) is 29.7 Å². The fraction of sp³-hybridized carbons (Fsp3) is 0.517. The van der Waals surface area contributed by atoms with Crippen LogP contribution in [0.3, 0.4) is 0 Å². The predicted octanol–water partition coefficient (Wildman–Crippen LogP) is 6.21. The molecule has 2 aliphatic carbocycles. The third-order valence-electron chi connectivity index (χ3n) is 7.20. The first-order valence-corrected chi connectivity index (χ1v) is 13.5. The highest BCUT2D eigenvalue weighted by Gasteiger charge is 2.27. The summed E-state index contributed by atoms with van der Waals surface area (Å²) in [6.07, 6.45) is 8.38. The highest BCUT2D eigenvalue weighted by atomic mass is 35.5. The summed E-state index contributed by atoms with van der Waals surface area (Å²) in [5.41, 5.74) is 3.44. The summed E-state index contributed by atoms with van der Waals surface area (Å²) < 4.78 is 5.97. The van der Waals surface area contributed by atoms with Crippen LogP contribution in [0.4, 0.5) is 0 Å². The number of carbonyl (C=O) groups excluding carboxylic acids is 1. The monoisotopic (exact) mass is 496 g/mol. The second-order valence-corrected chi connectivity index (χ2v) is 10.2. The standard InChI is InChI=1S/C29H37ClN2O3/c1-3-32(4-2)15-5-6-16-35-28-14-10-22(19-26(28)30)25(18-20-7-11-23(33)17-20)27-13-12-24(21-8-9-21)29(34)31-27/h10,12-14,18-21H,3-9,11,15-17H2,1-2H3,(H,31,34)/b25-18+/t20-/m0/s1. The molecule has 2 saturated carbocycles. The van der Waals surface area contributed by atoms with E-state index in [0.29, 0.717) is 41.9 Å². The zero-order valence-corrected chi connectivity index (χ0v) is 21.7. The summed E-state index contributed by atoms with van der Waals surface area (Å²) >= 11 is 6.63. The summed E-state index contributed by atoms with van der Waals surface area (Å²) in [4.78, 5) is 30.1. The van der Waals surface area contributed by atoms with Crippen molar-refractivity contribution >= 4 is 23.0 Å². The number of ketones is 1. The maximum Gasteiger partial charge on any atom is 0.251 e. The number of hydrogen-bond donors (Lipinski definition) is 1. The molecule has 2 aliphatic rings. The number of hydrogen-bond acceptors (Lipinski definition) is 4. The number of ether oxygens (including phenoxy) is 1. The molecule has 1 aromatic heterocycles. The molecule has 0 amide bonds. The number of allylic oxidation sites excluding steroid dienone is 1. The van der Waals surface area contributed by atoms with Gasteiger partial charge in [0.1, 0.15) is 11.5 Å². The van der Waals surface area contributed by atoms with E-state index in [9.17, 15) is 9.59 Å². The Morgan fingerprint density at radius 3 is 2.54 bits per heavy atom. The van der Waals surface area contributed by atoms with Crippen LogP contribution in [0.1, 0.15) is 81.5 Å². The van der Waals surface area contributed by atoms with Gasteiger partial charge in [-0.25, -0.2) is 0 Å². The van der Waals surface area contributed by atoms with Gasteiger partial charge in [0.05, 0.1) is 11.6 Å². The minimum Gasteiger partial charge on any atom is -0.492 e. The van der Waals surface area contributed by atoms with E-state index in [1.165, 1.54) is 0 Å². The van der Waals surface area contributed by atoms with Crippen molar-refractivity contribution in [2.45, 2.75) is 64.7 Å². The molecule has 188 valence electrons. The van der Waals surface area contributed by atoms with E-state index in [1.54, 1.807) is 0 Å². The quantitative estimate of drug-likeness (QED) is 0.355. The Balaban J connectivity index is 1.50. The molecule has 0 aliphatic heterocycles. The van der Waals surface area contributed by atoms with Crippen molar-refractivity contribution in [2.75, 3.05) is 26.2 Å². The van der Waals surface area contributed by atoms with Gasteiger partial charge in [-0.1, -0.05) is 43.7 Å². The van der Waals surface area contributed by atoms with Gasteiger partial charge in [0.2, 0.25) is 0 Å². The second-order valence-electron chi connectivity index (χ2n) is 9.78. The molecule has 1 N–H and O–H groups in total. The molecule has 0 radical (unpaired) electrons. The molecular formula is C29H37ClN2O3. The fourth-order valence-corrected chi connectivity index (χ4v) is 5.10. The first-order valence-electron chi connectivity index (χ1n) is 13.1. The van der Waals surface area contributed by atoms with Crippen molar-refractivity contribution < 1.29 is 9.53 Å². The number of Topliss-reactive ketones (excluding diaryl/α,β-unsaturated/α-hetero) is 1. The van der Waals surface area contributed by atoms with Crippen LogP contribution in [-0.4, -0.2) is 41.9 Å².